The van der Waals surface area contributed by atoms with Crippen molar-refractivity contribution in [1.29, 1.82) is 0 Å². The molecule has 1 aliphatic heterocycles. The van der Waals surface area contributed by atoms with Gasteiger partial charge in [-0.05, 0) is 37.0 Å². The molecule has 0 spiro atoms. The van der Waals surface area contributed by atoms with Crippen molar-refractivity contribution < 1.29 is 14.7 Å². The zero-order chi connectivity index (χ0) is 14.9. The lowest BCUT2D eigenvalue weighted by Crippen LogP contribution is -2.45. The molecule has 1 saturated heterocycles. The molecule has 0 bridgehead atoms. The highest BCUT2D eigenvalue weighted by Gasteiger charge is 2.32. The first kappa shape index (κ1) is 14.9. The maximum absolute atomic E-state index is 12.5. The average Bonchev–Trinajstić information content (AvgIpc) is 2.37. The number of halogens is 1. The number of aliphatic carboxylic acids is 1. The summed E-state index contributed by atoms with van der Waals surface area (Å²) in [5.41, 5.74) is 1.43. The standard InChI is InChI=1S/C15H18ClNO3/c1-9-3-4-12(13(16)6-9)14(18)17-7-10(2)5-11(8-17)15(19)20/h3-4,6,10-11H,5,7-8H2,1-2H3,(H,19,20). The zero-order valence-electron chi connectivity index (χ0n) is 11.6. The van der Waals surface area contributed by atoms with Crippen LogP contribution in [-0.4, -0.2) is 35.0 Å². The first-order chi connectivity index (χ1) is 9.38. The number of carboxylic acid groups (broad SMARTS) is 1. The summed E-state index contributed by atoms with van der Waals surface area (Å²) in [5, 5.41) is 9.57. The molecule has 0 saturated carbocycles. The van der Waals surface area contributed by atoms with Gasteiger partial charge < -0.3 is 10.0 Å². The van der Waals surface area contributed by atoms with Gasteiger partial charge in [0.2, 0.25) is 0 Å². The quantitative estimate of drug-likeness (QED) is 0.913. The summed E-state index contributed by atoms with van der Waals surface area (Å²) in [4.78, 5) is 25.2. The van der Waals surface area contributed by atoms with Crippen molar-refractivity contribution in [3.63, 3.8) is 0 Å². The number of amides is 1. The van der Waals surface area contributed by atoms with Crippen LogP contribution in [0.2, 0.25) is 5.02 Å². The van der Waals surface area contributed by atoms with E-state index in [1.165, 1.54) is 0 Å². The molecule has 0 aromatic heterocycles. The second kappa shape index (κ2) is 5.83. The monoisotopic (exact) mass is 295 g/mol. The van der Waals surface area contributed by atoms with Crippen LogP contribution in [0.1, 0.15) is 29.3 Å². The van der Waals surface area contributed by atoms with E-state index in [1.807, 2.05) is 19.9 Å². The second-order valence-corrected chi connectivity index (χ2v) is 5.98. The SMILES string of the molecule is Cc1ccc(C(=O)N2CC(C)CC(C(=O)O)C2)c(Cl)c1. The Morgan fingerprint density at radius 2 is 2.05 bits per heavy atom. The lowest BCUT2D eigenvalue weighted by atomic mass is 9.90. The van der Waals surface area contributed by atoms with Crippen LogP contribution in [0, 0.1) is 18.8 Å². The lowest BCUT2D eigenvalue weighted by molar-refractivity contribution is -0.143. The minimum absolute atomic E-state index is 0.179. The lowest BCUT2D eigenvalue weighted by Gasteiger charge is -2.34. The molecule has 1 N–H and O–H groups in total. The molecular weight excluding hydrogens is 278 g/mol. The van der Waals surface area contributed by atoms with Crippen molar-refractivity contribution in [2.24, 2.45) is 11.8 Å². The molecule has 0 aliphatic carbocycles. The Kier molecular flexibility index (Phi) is 4.33. The fourth-order valence-corrected chi connectivity index (χ4v) is 2.98. The van der Waals surface area contributed by atoms with E-state index in [9.17, 15) is 9.59 Å². The van der Waals surface area contributed by atoms with E-state index < -0.39 is 11.9 Å². The van der Waals surface area contributed by atoms with Gasteiger partial charge in [-0.1, -0.05) is 24.6 Å². The summed E-state index contributed by atoms with van der Waals surface area (Å²) < 4.78 is 0. The number of rotatable bonds is 2. The van der Waals surface area contributed by atoms with E-state index in [0.29, 0.717) is 23.6 Å². The van der Waals surface area contributed by atoms with Gasteiger partial charge >= 0.3 is 5.97 Å². The fourth-order valence-electron chi connectivity index (χ4n) is 2.66. The molecular formula is C15H18ClNO3. The first-order valence-electron chi connectivity index (χ1n) is 6.66. The van der Waals surface area contributed by atoms with Crippen molar-refractivity contribution in [3.8, 4) is 0 Å². The number of nitrogens with zero attached hydrogens (tertiary/aromatic N) is 1. The molecule has 2 unspecified atom stereocenters. The maximum atomic E-state index is 12.5. The Morgan fingerprint density at radius 3 is 2.65 bits per heavy atom. The fraction of sp³-hybridized carbons (Fsp3) is 0.467. The van der Waals surface area contributed by atoms with Gasteiger partial charge in [0, 0.05) is 13.1 Å². The topological polar surface area (TPSA) is 57.6 Å². The predicted octanol–water partition coefficient (Wildman–Crippen LogP) is 2.83. The van der Waals surface area contributed by atoms with Crippen LogP contribution in [0.4, 0.5) is 0 Å². The number of hydrogen-bond acceptors (Lipinski definition) is 2. The highest BCUT2D eigenvalue weighted by Crippen LogP contribution is 2.25. The normalized spacial score (nSPS) is 22.6. The third-order valence-corrected chi connectivity index (χ3v) is 3.96. The first-order valence-corrected chi connectivity index (χ1v) is 7.04. The molecule has 1 amide bonds. The number of carboxylic acids is 1. The minimum Gasteiger partial charge on any atom is -0.481 e. The number of piperidine rings is 1. The number of hydrogen-bond donors (Lipinski definition) is 1. The van der Waals surface area contributed by atoms with Crippen molar-refractivity contribution in [2.75, 3.05) is 13.1 Å². The predicted molar refractivity (Wildman–Crippen MR) is 77.0 cm³/mol. The van der Waals surface area contributed by atoms with Crippen molar-refractivity contribution in [1.82, 2.24) is 4.90 Å². The van der Waals surface area contributed by atoms with Gasteiger partial charge in [-0.25, -0.2) is 0 Å². The summed E-state index contributed by atoms with van der Waals surface area (Å²) >= 11 is 6.12. The van der Waals surface area contributed by atoms with Crippen LogP contribution in [0.25, 0.3) is 0 Å². The Labute approximate surface area is 123 Å². The van der Waals surface area contributed by atoms with Crippen molar-refractivity contribution >= 4 is 23.5 Å². The molecule has 2 atom stereocenters. The van der Waals surface area contributed by atoms with Crippen LogP contribution >= 0.6 is 11.6 Å². The molecule has 1 aromatic carbocycles. The van der Waals surface area contributed by atoms with Crippen LogP contribution in [0.3, 0.4) is 0 Å². The second-order valence-electron chi connectivity index (χ2n) is 5.57. The summed E-state index contributed by atoms with van der Waals surface area (Å²) in [6.07, 6.45) is 0.612. The van der Waals surface area contributed by atoms with E-state index >= 15 is 0 Å². The summed E-state index contributed by atoms with van der Waals surface area (Å²) in [6.45, 7) is 4.70. The molecule has 2 rings (SSSR count). The van der Waals surface area contributed by atoms with Crippen LogP contribution in [0.5, 0.6) is 0 Å². The van der Waals surface area contributed by atoms with Gasteiger partial charge in [-0.15, -0.1) is 0 Å². The highest BCUT2D eigenvalue weighted by molar-refractivity contribution is 6.33. The van der Waals surface area contributed by atoms with E-state index in [4.69, 9.17) is 16.7 Å². The Balaban J connectivity index is 2.21. The van der Waals surface area contributed by atoms with E-state index in [0.717, 1.165) is 5.56 Å². The van der Waals surface area contributed by atoms with Gasteiger partial charge in [0.05, 0.1) is 16.5 Å². The van der Waals surface area contributed by atoms with Gasteiger partial charge in [0.15, 0.2) is 0 Å². The maximum Gasteiger partial charge on any atom is 0.308 e. The Hall–Kier alpha value is -1.55. The highest BCUT2D eigenvalue weighted by atomic mass is 35.5. The van der Waals surface area contributed by atoms with Crippen LogP contribution in [0.15, 0.2) is 18.2 Å². The molecule has 1 aliphatic rings. The summed E-state index contributed by atoms with van der Waals surface area (Å²) in [6, 6.07) is 5.28. The van der Waals surface area contributed by atoms with Crippen molar-refractivity contribution in [2.45, 2.75) is 20.3 Å². The molecule has 0 radical (unpaired) electrons. The third kappa shape index (κ3) is 3.12. The number of likely N-dealkylation sites (tertiary alicyclic amines) is 1. The summed E-state index contributed by atoms with van der Waals surface area (Å²) in [5.74, 6) is -1.35. The summed E-state index contributed by atoms with van der Waals surface area (Å²) in [7, 11) is 0. The number of carbonyl (C=O) groups is 2. The number of aryl methyl sites for hydroxylation is 1. The smallest absolute Gasteiger partial charge is 0.308 e. The number of carbonyl (C=O) groups excluding carboxylic acids is 1. The van der Waals surface area contributed by atoms with Crippen LogP contribution < -0.4 is 0 Å². The van der Waals surface area contributed by atoms with Gasteiger partial charge in [-0.2, -0.15) is 0 Å². The van der Waals surface area contributed by atoms with Crippen LogP contribution in [-0.2, 0) is 4.79 Å². The van der Waals surface area contributed by atoms with Gasteiger partial charge in [-0.3, -0.25) is 9.59 Å². The zero-order valence-corrected chi connectivity index (χ0v) is 12.4. The van der Waals surface area contributed by atoms with Crippen molar-refractivity contribution in [3.05, 3.63) is 34.3 Å². The van der Waals surface area contributed by atoms with Gasteiger partial charge in [0.1, 0.15) is 0 Å². The third-order valence-electron chi connectivity index (χ3n) is 3.65. The minimum atomic E-state index is -0.843. The molecule has 20 heavy (non-hydrogen) atoms. The number of benzene rings is 1. The van der Waals surface area contributed by atoms with Gasteiger partial charge in [0.25, 0.3) is 5.91 Å². The largest absolute Gasteiger partial charge is 0.481 e. The van der Waals surface area contributed by atoms with E-state index in [2.05, 4.69) is 0 Å². The molecule has 1 aromatic rings. The Bertz CT molecular complexity index is 544. The molecule has 4 nitrogen and oxygen atoms in total. The molecule has 1 heterocycles. The molecule has 1 fully saturated rings. The average molecular weight is 296 g/mol. The molecule has 5 heteroatoms. The van der Waals surface area contributed by atoms with E-state index in [1.54, 1.807) is 17.0 Å². The molecule has 108 valence electrons. The Morgan fingerprint density at radius 1 is 1.35 bits per heavy atom. The van der Waals surface area contributed by atoms with E-state index in [-0.39, 0.29) is 18.4 Å².